The Balaban J connectivity index is 1.41. The minimum absolute atomic E-state index is 0.142. The van der Waals surface area contributed by atoms with Gasteiger partial charge in [-0.05, 0) is 79.9 Å². The van der Waals surface area contributed by atoms with E-state index in [0.717, 1.165) is 27.7 Å². The molecule has 0 aliphatic heterocycles. The maximum atomic E-state index is 12.3. The number of amides is 1. The van der Waals surface area contributed by atoms with E-state index in [4.69, 9.17) is 9.47 Å². The summed E-state index contributed by atoms with van der Waals surface area (Å²) in [5, 5.41) is 12.5. The number of allylic oxidation sites excluding steroid dienone is 1. The van der Waals surface area contributed by atoms with Crippen LogP contribution in [0.15, 0.2) is 60.7 Å². The van der Waals surface area contributed by atoms with Gasteiger partial charge in [0.15, 0.2) is 6.61 Å². The fourth-order valence-corrected chi connectivity index (χ4v) is 3.56. The third kappa shape index (κ3) is 5.68. The van der Waals surface area contributed by atoms with Crippen LogP contribution in [-0.2, 0) is 4.79 Å². The molecule has 0 unspecified atom stereocenters. The Hall–Kier alpha value is -4.57. The van der Waals surface area contributed by atoms with E-state index in [1.807, 2.05) is 57.2 Å². The van der Waals surface area contributed by atoms with Gasteiger partial charge in [0.25, 0.3) is 5.91 Å². The van der Waals surface area contributed by atoms with Crippen molar-refractivity contribution in [3.63, 3.8) is 0 Å². The van der Waals surface area contributed by atoms with Crippen LogP contribution < -0.4 is 14.8 Å². The summed E-state index contributed by atoms with van der Waals surface area (Å²) in [5.41, 5.74) is 5.89. The molecule has 0 atom stereocenters. The lowest BCUT2D eigenvalue weighted by molar-refractivity contribution is -0.118. The summed E-state index contributed by atoms with van der Waals surface area (Å²) >= 11 is 0. The molecule has 7 nitrogen and oxygen atoms in total. The lowest BCUT2D eigenvalue weighted by atomic mass is 10.1. The maximum Gasteiger partial charge on any atom is 0.262 e. The lowest BCUT2D eigenvalue weighted by Crippen LogP contribution is -2.20. The summed E-state index contributed by atoms with van der Waals surface area (Å²) in [7, 11) is 0. The van der Waals surface area contributed by atoms with Gasteiger partial charge in [-0.3, -0.25) is 4.79 Å². The fourth-order valence-electron chi connectivity index (χ4n) is 3.56. The molecule has 0 aliphatic carbocycles. The van der Waals surface area contributed by atoms with Gasteiger partial charge < -0.3 is 19.8 Å². The molecule has 1 amide bonds. The highest BCUT2D eigenvalue weighted by Gasteiger charge is 2.10. The van der Waals surface area contributed by atoms with Crippen LogP contribution in [0.5, 0.6) is 11.5 Å². The van der Waals surface area contributed by atoms with Crippen LogP contribution in [0.3, 0.4) is 0 Å². The first-order chi connectivity index (χ1) is 17.0. The predicted molar refractivity (Wildman–Crippen MR) is 137 cm³/mol. The van der Waals surface area contributed by atoms with Crippen molar-refractivity contribution in [3.05, 3.63) is 83.2 Å². The zero-order chi connectivity index (χ0) is 24.8. The maximum absolute atomic E-state index is 12.3. The Labute approximate surface area is 204 Å². The third-order valence-corrected chi connectivity index (χ3v) is 5.49. The average molecular weight is 467 g/mol. The number of carbonyl (C=O) groups is 1. The van der Waals surface area contributed by atoms with Crippen LogP contribution in [-0.4, -0.2) is 29.1 Å². The van der Waals surface area contributed by atoms with E-state index in [0.29, 0.717) is 35.2 Å². The van der Waals surface area contributed by atoms with Gasteiger partial charge in [-0.25, -0.2) is 4.98 Å². The number of H-pyrrole nitrogens is 1. The van der Waals surface area contributed by atoms with Crippen LogP contribution >= 0.6 is 0 Å². The quantitative estimate of drug-likeness (QED) is 0.326. The second kappa shape index (κ2) is 10.6. The predicted octanol–water partition coefficient (Wildman–Crippen LogP) is 5.66. The number of hydrogen-bond acceptors (Lipinski definition) is 5. The Morgan fingerprint density at radius 1 is 1.09 bits per heavy atom. The van der Waals surface area contributed by atoms with E-state index in [-0.39, 0.29) is 12.5 Å². The highest BCUT2D eigenvalue weighted by molar-refractivity contribution is 5.93. The molecule has 176 valence electrons. The number of rotatable bonds is 8. The largest absolute Gasteiger partial charge is 0.492 e. The van der Waals surface area contributed by atoms with Crippen LogP contribution in [0.2, 0.25) is 0 Å². The minimum atomic E-state index is -0.289. The van der Waals surface area contributed by atoms with E-state index in [1.165, 1.54) is 0 Å². The number of carbonyl (C=O) groups excluding carboxylic acids is 1. The van der Waals surface area contributed by atoms with Crippen LogP contribution in [0.25, 0.3) is 22.7 Å². The molecule has 3 aromatic carbocycles. The van der Waals surface area contributed by atoms with Gasteiger partial charge in [0.2, 0.25) is 0 Å². The second-order valence-electron chi connectivity index (χ2n) is 8.04. The minimum Gasteiger partial charge on any atom is -0.492 e. The molecule has 0 fully saturated rings. The SMILES string of the molecule is CCOc1ccccc1NC(=O)COc1ccc(/C=C(\C#N)c2nc3cc(C)c(C)cc3[nH]2)cc1. The number of nitriles is 1. The summed E-state index contributed by atoms with van der Waals surface area (Å²) < 4.78 is 11.1. The molecule has 0 spiro atoms. The van der Waals surface area contributed by atoms with E-state index < -0.39 is 0 Å². The van der Waals surface area contributed by atoms with Crippen molar-refractivity contribution < 1.29 is 14.3 Å². The molecule has 0 aliphatic rings. The van der Waals surface area contributed by atoms with Crippen LogP contribution in [0, 0.1) is 25.2 Å². The zero-order valence-corrected chi connectivity index (χ0v) is 19.9. The molecule has 35 heavy (non-hydrogen) atoms. The van der Waals surface area contributed by atoms with Crippen molar-refractivity contribution >= 4 is 34.3 Å². The number of aromatic nitrogens is 2. The van der Waals surface area contributed by atoms with Gasteiger partial charge in [-0.2, -0.15) is 5.26 Å². The summed E-state index contributed by atoms with van der Waals surface area (Å²) in [4.78, 5) is 20.1. The summed E-state index contributed by atoms with van der Waals surface area (Å²) in [6.45, 7) is 6.34. The molecule has 4 rings (SSSR count). The standard InChI is InChI=1S/C28H26N4O3/c1-4-34-26-8-6-5-7-23(26)30-27(33)17-35-22-11-9-20(10-12-22)15-21(16-29)28-31-24-13-18(2)19(3)14-25(24)32-28/h5-15H,4,17H2,1-3H3,(H,30,33)(H,31,32)/b21-15+. The highest BCUT2D eigenvalue weighted by atomic mass is 16.5. The van der Waals surface area contributed by atoms with Crippen LogP contribution in [0.1, 0.15) is 29.4 Å². The van der Waals surface area contributed by atoms with E-state index in [2.05, 4.69) is 21.4 Å². The third-order valence-electron chi connectivity index (χ3n) is 5.49. The number of nitrogens with zero attached hydrogens (tertiary/aromatic N) is 2. The molecule has 1 aromatic heterocycles. The average Bonchev–Trinajstić information content (AvgIpc) is 3.26. The number of benzene rings is 3. The van der Waals surface area contributed by atoms with Gasteiger partial charge in [-0.1, -0.05) is 24.3 Å². The highest BCUT2D eigenvalue weighted by Crippen LogP contribution is 2.24. The topological polar surface area (TPSA) is 100 Å². The fraction of sp³-hybridized carbons (Fsp3) is 0.179. The van der Waals surface area contributed by atoms with Crippen molar-refractivity contribution in [3.8, 4) is 17.6 Å². The molecule has 0 bridgehead atoms. The van der Waals surface area contributed by atoms with Crippen molar-refractivity contribution in [2.75, 3.05) is 18.5 Å². The number of aromatic amines is 1. The van der Waals surface area contributed by atoms with E-state index >= 15 is 0 Å². The molecular weight excluding hydrogens is 440 g/mol. The molecule has 4 aromatic rings. The number of fused-ring (bicyclic) bond motifs is 1. The number of para-hydroxylation sites is 2. The Kier molecular flexibility index (Phi) is 7.12. The van der Waals surface area contributed by atoms with Gasteiger partial charge in [-0.15, -0.1) is 0 Å². The molecule has 2 N–H and O–H groups in total. The number of ether oxygens (including phenoxy) is 2. The van der Waals surface area contributed by atoms with Gasteiger partial charge in [0.05, 0.1) is 28.9 Å². The summed E-state index contributed by atoms with van der Waals surface area (Å²) in [6.07, 6.45) is 1.76. The van der Waals surface area contributed by atoms with Crippen molar-refractivity contribution in [1.29, 1.82) is 5.26 Å². The Bertz CT molecular complexity index is 1390. The normalized spacial score (nSPS) is 11.2. The molecular formula is C28H26N4O3. The molecule has 0 radical (unpaired) electrons. The van der Waals surface area contributed by atoms with E-state index in [9.17, 15) is 10.1 Å². The monoisotopic (exact) mass is 466 g/mol. The molecule has 0 saturated carbocycles. The van der Waals surface area contributed by atoms with Crippen LogP contribution in [0.4, 0.5) is 5.69 Å². The first-order valence-electron chi connectivity index (χ1n) is 11.3. The summed E-state index contributed by atoms with van der Waals surface area (Å²) in [5.74, 6) is 1.39. The zero-order valence-electron chi connectivity index (χ0n) is 19.9. The van der Waals surface area contributed by atoms with Gasteiger partial charge in [0.1, 0.15) is 23.4 Å². The van der Waals surface area contributed by atoms with Crippen molar-refractivity contribution in [2.24, 2.45) is 0 Å². The first kappa shape index (κ1) is 23.6. The van der Waals surface area contributed by atoms with Gasteiger partial charge in [0, 0.05) is 0 Å². The number of imidazole rings is 1. The second-order valence-corrected chi connectivity index (χ2v) is 8.04. The number of nitrogens with one attached hydrogen (secondary N) is 2. The first-order valence-corrected chi connectivity index (χ1v) is 11.3. The van der Waals surface area contributed by atoms with Crippen molar-refractivity contribution in [2.45, 2.75) is 20.8 Å². The summed E-state index contributed by atoms with van der Waals surface area (Å²) in [6, 6.07) is 20.7. The Morgan fingerprint density at radius 3 is 2.57 bits per heavy atom. The molecule has 7 heteroatoms. The number of anilines is 1. The number of aryl methyl sites for hydroxylation is 2. The van der Waals surface area contributed by atoms with Crippen molar-refractivity contribution in [1.82, 2.24) is 9.97 Å². The molecule has 1 heterocycles. The lowest BCUT2D eigenvalue weighted by Gasteiger charge is -2.11. The van der Waals surface area contributed by atoms with Gasteiger partial charge >= 0.3 is 0 Å². The Morgan fingerprint density at radius 2 is 1.83 bits per heavy atom. The molecule has 0 saturated heterocycles. The van der Waals surface area contributed by atoms with E-state index in [1.54, 1.807) is 30.3 Å². The smallest absolute Gasteiger partial charge is 0.262 e. The number of hydrogen-bond donors (Lipinski definition) is 2.